The number of hydrogen-bond acceptors (Lipinski definition) is 6. The number of imidazole rings is 1. The second-order valence-electron chi connectivity index (χ2n) is 8.91. The topological polar surface area (TPSA) is 85.2 Å². The Balaban J connectivity index is 1.55. The molecule has 1 amide bonds. The summed E-state index contributed by atoms with van der Waals surface area (Å²) in [6.45, 7) is 1.15. The average Bonchev–Trinajstić information content (AvgIpc) is 3.42. The largest absolute Gasteiger partial charge is 0.467 e. The van der Waals surface area contributed by atoms with E-state index in [1.807, 2.05) is 79.2 Å². The molecule has 0 aliphatic carbocycles. The summed E-state index contributed by atoms with van der Waals surface area (Å²) in [7, 11) is 1.33. The number of carbonyl (C=O) groups excluding carboxylic acids is 2. The molecule has 202 valence electrons. The zero-order valence-electron chi connectivity index (χ0n) is 21.9. The summed E-state index contributed by atoms with van der Waals surface area (Å²) >= 11 is 7.96. The maximum Gasteiger partial charge on any atom is 0.328 e. The number of rotatable bonds is 12. The molecular weight excluding hydrogens is 532 g/mol. The lowest BCUT2D eigenvalue weighted by atomic mass is 9.98. The van der Waals surface area contributed by atoms with E-state index in [9.17, 15) is 9.59 Å². The summed E-state index contributed by atoms with van der Waals surface area (Å²) in [5.74, 6) is -0.0540. The normalized spacial score (nSPS) is 11.6. The van der Waals surface area contributed by atoms with Gasteiger partial charge in [0.2, 0.25) is 0 Å². The Morgan fingerprint density at radius 2 is 1.85 bits per heavy atom. The van der Waals surface area contributed by atoms with Crippen LogP contribution in [0.5, 0.6) is 0 Å². The van der Waals surface area contributed by atoms with Crippen molar-refractivity contribution in [3.8, 4) is 11.1 Å². The SMILES string of the molecule is COC(=O)[C@H](CCSC)NC(=O)c1ccc(NCc2cncn2Cc2ccccc2Cl)cc1-c1ccccc1. The number of benzene rings is 3. The van der Waals surface area contributed by atoms with E-state index < -0.39 is 12.0 Å². The first kappa shape index (κ1) is 28.3. The first-order valence-electron chi connectivity index (χ1n) is 12.5. The summed E-state index contributed by atoms with van der Waals surface area (Å²) in [5, 5.41) is 7.04. The molecule has 0 aliphatic heterocycles. The number of ether oxygens (including phenoxy) is 1. The molecule has 2 N–H and O–H groups in total. The minimum absolute atomic E-state index is 0.324. The van der Waals surface area contributed by atoms with E-state index in [-0.39, 0.29) is 5.91 Å². The van der Waals surface area contributed by atoms with Gasteiger partial charge in [-0.1, -0.05) is 60.1 Å². The molecule has 0 spiro atoms. The Morgan fingerprint density at radius 1 is 1.08 bits per heavy atom. The highest BCUT2D eigenvalue weighted by Gasteiger charge is 2.23. The Bertz CT molecular complexity index is 1410. The lowest BCUT2D eigenvalue weighted by Crippen LogP contribution is -2.42. The first-order valence-corrected chi connectivity index (χ1v) is 14.3. The van der Waals surface area contributed by atoms with Crippen molar-refractivity contribution in [2.45, 2.75) is 25.6 Å². The summed E-state index contributed by atoms with van der Waals surface area (Å²) in [6.07, 6.45) is 6.06. The van der Waals surface area contributed by atoms with Crippen LogP contribution in [-0.4, -0.2) is 46.6 Å². The Morgan fingerprint density at radius 3 is 2.59 bits per heavy atom. The van der Waals surface area contributed by atoms with Crippen LogP contribution in [-0.2, 0) is 22.6 Å². The molecule has 0 radical (unpaired) electrons. The fraction of sp³-hybridized carbons (Fsp3) is 0.233. The van der Waals surface area contributed by atoms with Gasteiger partial charge >= 0.3 is 5.97 Å². The van der Waals surface area contributed by atoms with Crippen molar-refractivity contribution in [1.82, 2.24) is 14.9 Å². The molecule has 3 aromatic carbocycles. The molecule has 9 heteroatoms. The van der Waals surface area contributed by atoms with Crippen LogP contribution in [0.4, 0.5) is 5.69 Å². The highest BCUT2D eigenvalue weighted by atomic mass is 35.5. The van der Waals surface area contributed by atoms with E-state index in [0.29, 0.717) is 25.1 Å². The molecule has 39 heavy (non-hydrogen) atoms. The number of nitrogens with zero attached hydrogens (tertiary/aromatic N) is 2. The number of amides is 1. The maximum absolute atomic E-state index is 13.4. The second-order valence-corrected chi connectivity index (χ2v) is 10.3. The molecule has 7 nitrogen and oxygen atoms in total. The molecule has 0 fully saturated rings. The minimum atomic E-state index is -0.713. The van der Waals surface area contributed by atoms with Gasteiger partial charge in [-0.15, -0.1) is 0 Å². The van der Waals surface area contributed by atoms with Gasteiger partial charge in [0.1, 0.15) is 6.04 Å². The van der Waals surface area contributed by atoms with E-state index >= 15 is 0 Å². The number of aromatic nitrogens is 2. The number of esters is 1. The van der Waals surface area contributed by atoms with Crippen LogP contribution in [0.15, 0.2) is 85.3 Å². The van der Waals surface area contributed by atoms with Gasteiger partial charge in [0.25, 0.3) is 5.91 Å². The number of nitrogens with one attached hydrogen (secondary N) is 2. The molecule has 0 saturated carbocycles. The molecule has 1 aromatic heterocycles. The molecule has 0 unspecified atom stereocenters. The van der Waals surface area contributed by atoms with E-state index in [4.69, 9.17) is 16.3 Å². The van der Waals surface area contributed by atoms with Crippen molar-refractivity contribution in [3.63, 3.8) is 0 Å². The van der Waals surface area contributed by atoms with Gasteiger partial charge in [-0.3, -0.25) is 4.79 Å². The number of carbonyl (C=O) groups is 2. The number of hydrogen-bond donors (Lipinski definition) is 2. The van der Waals surface area contributed by atoms with Crippen LogP contribution in [0.25, 0.3) is 11.1 Å². The predicted octanol–water partition coefficient (Wildman–Crippen LogP) is 5.89. The second kappa shape index (κ2) is 13.9. The fourth-order valence-corrected chi connectivity index (χ4v) is 4.88. The smallest absolute Gasteiger partial charge is 0.328 e. The van der Waals surface area contributed by atoms with E-state index in [1.165, 1.54) is 7.11 Å². The molecule has 0 aliphatic rings. The molecule has 4 aromatic rings. The summed E-state index contributed by atoms with van der Waals surface area (Å²) in [4.78, 5) is 30.0. The van der Waals surface area contributed by atoms with Gasteiger partial charge in [0.15, 0.2) is 0 Å². The highest BCUT2D eigenvalue weighted by Crippen LogP contribution is 2.28. The van der Waals surface area contributed by atoms with Crippen LogP contribution < -0.4 is 10.6 Å². The zero-order valence-corrected chi connectivity index (χ0v) is 23.5. The molecule has 0 saturated heterocycles. The van der Waals surface area contributed by atoms with Crippen LogP contribution in [0, 0.1) is 0 Å². The minimum Gasteiger partial charge on any atom is -0.467 e. The van der Waals surface area contributed by atoms with Crippen molar-refractivity contribution in [2.75, 3.05) is 24.4 Å². The lowest BCUT2D eigenvalue weighted by molar-refractivity contribution is -0.142. The van der Waals surface area contributed by atoms with Gasteiger partial charge in [0, 0.05) is 22.5 Å². The maximum atomic E-state index is 13.4. The first-order chi connectivity index (χ1) is 19.0. The van der Waals surface area contributed by atoms with Crippen molar-refractivity contribution >= 4 is 40.9 Å². The lowest BCUT2D eigenvalue weighted by Gasteiger charge is -2.18. The number of methoxy groups -OCH3 is 1. The summed E-state index contributed by atoms with van der Waals surface area (Å²) < 4.78 is 6.96. The third kappa shape index (κ3) is 7.43. The van der Waals surface area contributed by atoms with E-state index in [2.05, 4.69) is 20.2 Å². The van der Waals surface area contributed by atoms with Crippen molar-refractivity contribution < 1.29 is 14.3 Å². The van der Waals surface area contributed by atoms with Crippen molar-refractivity contribution in [2.24, 2.45) is 0 Å². The van der Waals surface area contributed by atoms with Crippen LogP contribution in [0.2, 0.25) is 5.02 Å². The Hall–Kier alpha value is -3.75. The van der Waals surface area contributed by atoms with Crippen molar-refractivity contribution in [3.05, 3.63) is 107 Å². The number of halogens is 1. The third-order valence-corrected chi connectivity index (χ3v) is 7.33. The molecular formula is C30H31ClN4O3S. The van der Waals surface area contributed by atoms with Crippen LogP contribution in [0.1, 0.15) is 28.0 Å². The highest BCUT2D eigenvalue weighted by molar-refractivity contribution is 7.98. The van der Waals surface area contributed by atoms with E-state index in [1.54, 1.807) is 24.2 Å². The van der Waals surface area contributed by atoms with Crippen molar-refractivity contribution in [1.29, 1.82) is 0 Å². The van der Waals surface area contributed by atoms with Crippen LogP contribution in [0.3, 0.4) is 0 Å². The molecule has 1 heterocycles. The zero-order chi connectivity index (χ0) is 27.6. The van der Waals surface area contributed by atoms with Gasteiger partial charge in [-0.05, 0) is 59.4 Å². The van der Waals surface area contributed by atoms with Gasteiger partial charge in [-0.25, -0.2) is 9.78 Å². The van der Waals surface area contributed by atoms with Crippen LogP contribution >= 0.6 is 23.4 Å². The van der Waals surface area contributed by atoms with Gasteiger partial charge in [0.05, 0.1) is 32.2 Å². The third-order valence-electron chi connectivity index (χ3n) is 6.32. The molecule has 0 bridgehead atoms. The van der Waals surface area contributed by atoms with Gasteiger partial charge < -0.3 is 19.9 Å². The monoisotopic (exact) mass is 562 g/mol. The summed E-state index contributed by atoms with van der Waals surface area (Å²) in [6, 6.07) is 22.4. The summed E-state index contributed by atoms with van der Waals surface area (Å²) in [5.41, 5.74) is 5.00. The quantitative estimate of drug-likeness (QED) is 0.209. The molecule has 4 rings (SSSR count). The molecule has 1 atom stereocenters. The standard InChI is InChI=1S/C30H31ClN4O3S/c1-38-30(37)28(14-15-39-2)34-29(36)25-13-12-23(16-26(25)21-8-4-3-5-9-21)33-18-24-17-32-20-35(24)19-22-10-6-7-11-27(22)31/h3-13,16-17,20,28,33H,14-15,18-19H2,1-2H3,(H,34,36)/t28-/m0/s1. The fourth-order valence-electron chi connectivity index (χ4n) is 4.21. The van der Waals surface area contributed by atoms with Gasteiger partial charge in [-0.2, -0.15) is 11.8 Å². The Kier molecular flexibility index (Phi) is 10.1. The number of anilines is 1. The number of thioether (sulfide) groups is 1. The van der Waals surface area contributed by atoms with E-state index in [0.717, 1.165) is 38.8 Å². The predicted molar refractivity (Wildman–Crippen MR) is 158 cm³/mol. The average molecular weight is 563 g/mol. The Labute approximate surface area is 237 Å².